The second-order valence-electron chi connectivity index (χ2n) is 5.80. The van der Waals surface area contributed by atoms with Crippen molar-refractivity contribution in [3.8, 4) is 5.75 Å². The average Bonchev–Trinajstić information content (AvgIpc) is 3.13. The van der Waals surface area contributed by atoms with E-state index in [1.165, 1.54) is 23.5 Å². The third-order valence-electron chi connectivity index (χ3n) is 4.21. The maximum absolute atomic E-state index is 12.9. The van der Waals surface area contributed by atoms with E-state index in [-0.39, 0.29) is 10.8 Å². The van der Waals surface area contributed by atoms with E-state index >= 15 is 0 Å². The van der Waals surface area contributed by atoms with Gasteiger partial charge in [-0.25, -0.2) is 8.42 Å². The molecule has 1 amide bonds. The van der Waals surface area contributed by atoms with Gasteiger partial charge < -0.3 is 10.1 Å². The molecule has 1 heterocycles. The maximum atomic E-state index is 12.9. The van der Waals surface area contributed by atoms with E-state index < -0.39 is 16.1 Å². The average molecular weight is 360 g/mol. The number of amides is 1. The van der Waals surface area contributed by atoms with Crippen LogP contribution in [-0.2, 0) is 14.8 Å². The summed E-state index contributed by atoms with van der Waals surface area (Å²) >= 11 is 0. The van der Waals surface area contributed by atoms with Crippen LogP contribution < -0.4 is 10.1 Å². The van der Waals surface area contributed by atoms with Crippen molar-refractivity contribution in [2.45, 2.75) is 23.8 Å². The Morgan fingerprint density at radius 3 is 2.44 bits per heavy atom. The van der Waals surface area contributed by atoms with Gasteiger partial charge in [0.05, 0.1) is 12.0 Å². The number of nitrogens with zero attached hydrogens (tertiary/aromatic N) is 1. The number of sulfonamides is 1. The van der Waals surface area contributed by atoms with Gasteiger partial charge in [0, 0.05) is 12.2 Å². The number of nitrogens with one attached hydrogen (secondary N) is 1. The highest BCUT2D eigenvalue weighted by Crippen LogP contribution is 2.28. The number of carbonyl (C=O) groups is 1. The van der Waals surface area contributed by atoms with E-state index in [9.17, 15) is 13.2 Å². The summed E-state index contributed by atoms with van der Waals surface area (Å²) < 4.78 is 32.2. The summed E-state index contributed by atoms with van der Waals surface area (Å²) in [6.07, 6.45) is 1.16. The number of methoxy groups -OCH3 is 1. The minimum Gasteiger partial charge on any atom is -0.497 e. The zero-order valence-corrected chi connectivity index (χ0v) is 14.7. The number of rotatable bonds is 5. The minimum absolute atomic E-state index is 0.160. The third kappa shape index (κ3) is 3.67. The summed E-state index contributed by atoms with van der Waals surface area (Å²) in [6.45, 7) is 0.335. The molecule has 6 nitrogen and oxygen atoms in total. The first-order valence-electron chi connectivity index (χ1n) is 8.04. The van der Waals surface area contributed by atoms with Gasteiger partial charge in [-0.2, -0.15) is 4.31 Å². The zero-order chi connectivity index (χ0) is 17.9. The lowest BCUT2D eigenvalue weighted by molar-refractivity contribution is -0.119. The van der Waals surface area contributed by atoms with Crippen molar-refractivity contribution in [3.63, 3.8) is 0 Å². The smallest absolute Gasteiger partial charge is 0.243 e. The van der Waals surface area contributed by atoms with E-state index in [2.05, 4.69) is 5.32 Å². The van der Waals surface area contributed by atoms with Crippen molar-refractivity contribution in [3.05, 3.63) is 54.6 Å². The summed E-state index contributed by atoms with van der Waals surface area (Å²) in [5.74, 6) is 0.277. The molecule has 0 aliphatic carbocycles. The van der Waals surface area contributed by atoms with Gasteiger partial charge in [0.25, 0.3) is 0 Å². The number of hydrogen-bond donors (Lipinski definition) is 1. The van der Waals surface area contributed by atoms with Gasteiger partial charge >= 0.3 is 0 Å². The van der Waals surface area contributed by atoms with E-state index in [1.807, 2.05) is 18.2 Å². The normalized spacial score (nSPS) is 18.0. The molecule has 1 saturated heterocycles. The molecule has 132 valence electrons. The van der Waals surface area contributed by atoms with E-state index in [4.69, 9.17) is 4.74 Å². The Labute approximate surface area is 147 Å². The molecule has 0 bridgehead atoms. The molecule has 1 fully saturated rings. The Hall–Kier alpha value is -2.38. The van der Waals surface area contributed by atoms with Crippen LogP contribution >= 0.6 is 0 Å². The minimum atomic E-state index is -3.73. The summed E-state index contributed by atoms with van der Waals surface area (Å²) in [5, 5.41) is 2.79. The SMILES string of the molecule is COc1ccc(S(=O)(=O)N2CCCC2C(=O)Nc2ccccc2)cc1. The van der Waals surface area contributed by atoms with Crippen LogP contribution in [0.15, 0.2) is 59.5 Å². The number of para-hydroxylation sites is 1. The number of benzene rings is 2. The molecule has 1 unspecified atom stereocenters. The van der Waals surface area contributed by atoms with Crippen molar-refractivity contribution in [1.29, 1.82) is 0 Å². The number of ether oxygens (including phenoxy) is 1. The molecule has 0 spiro atoms. The van der Waals surface area contributed by atoms with Crippen LogP contribution in [-0.4, -0.2) is 38.3 Å². The topological polar surface area (TPSA) is 75.7 Å². The quantitative estimate of drug-likeness (QED) is 0.889. The lowest BCUT2D eigenvalue weighted by atomic mass is 10.2. The van der Waals surface area contributed by atoms with Gasteiger partial charge in [0.15, 0.2) is 0 Å². The van der Waals surface area contributed by atoms with Gasteiger partial charge in [0.1, 0.15) is 11.8 Å². The van der Waals surface area contributed by atoms with Crippen molar-refractivity contribution in [2.24, 2.45) is 0 Å². The van der Waals surface area contributed by atoms with Gasteiger partial charge in [-0.05, 0) is 49.2 Å². The lowest BCUT2D eigenvalue weighted by Gasteiger charge is -2.23. The first-order valence-corrected chi connectivity index (χ1v) is 9.48. The Kier molecular flexibility index (Phi) is 5.06. The molecule has 0 radical (unpaired) electrons. The Balaban J connectivity index is 1.81. The fraction of sp³-hybridized carbons (Fsp3) is 0.278. The number of hydrogen-bond acceptors (Lipinski definition) is 4. The van der Waals surface area contributed by atoms with Crippen molar-refractivity contribution in [2.75, 3.05) is 19.0 Å². The second kappa shape index (κ2) is 7.25. The molecule has 1 atom stereocenters. The molecule has 1 aliphatic rings. The zero-order valence-electron chi connectivity index (χ0n) is 13.9. The molecule has 1 N–H and O–H groups in total. The fourth-order valence-electron chi connectivity index (χ4n) is 2.92. The van der Waals surface area contributed by atoms with E-state index in [0.717, 1.165) is 0 Å². The molecule has 2 aromatic carbocycles. The van der Waals surface area contributed by atoms with E-state index in [0.29, 0.717) is 30.8 Å². The second-order valence-corrected chi connectivity index (χ2v) is 7.70. The monoisotopic (exact) mass is 360 g/mol. The van der Waals surface area contributed by atoms with Crippen LogP contribution in [0, 0.1) is 0 Å². The predicted molar refractivity (Wildman–Crippen MR) is 95.0 cm³/mol. The third-order valence-corrected chi connectivity index (χ3v) is 6.14. The molecular formula is C18H20N2O4S. The van der Waals surface area contributed by atoms with Crippen molar-refractivity contribution < 1.29 is 17.9 Å². The van der Waals surface area contributed by atoms with Crippen molar-refractivity contribution in [1.82, 2.24) is 4.31 Å². The van der Waals surface area contributed by atoms with Gasteiger partial charge in [-0.3, -0.25) is 4.79 Å². The number of anilines is 1. The summed E-state index contributed by atoms with van der Waals surface area (Å²) in [7, 11) is -2.21. The van der Waals surface area contributed by atoms with Crippen LogP contribution in [0.25, 0.3) is 0 Å². The van der Waals surface area contributed by atoms with E-state index in [1.54, 1.807) is 24.3 Å². The summed E-state index contributed by atoms with van der Waals surface area (Å²) in [4.78, 5) is 12.7. The van der Waals surface area contributed by atoms with Crippen molar-refractivity contribution >= 4 is 21.6 Å². The lowest BCUT2D eigenvalue weighted by Crippen LogP contribution is -2.43. The number of carbonyl (C=O) groups excluding carboxylic acids is 1. The molecular weight excluding hydrogens is 340 g/mol. The van der Waals surface area contributed by atoms with Gasteiger partial charge in [-0.1, -0.05) is 18.2 Å². The molecule has 7 heteroatoms. The summed E-state index contributed by atoms with van der Waals surface area (Å²) in [6, 6.07) is 14.5. The van der Waals surface area contributed by atoms with Crippen LogP contribution in [0.1, 0.15) is 12.8 Å². The first-order chi connectivity index (χ1) is 12.0. The van der Waals surface area contributed by atoms with Crippen LogP contribution in [0.5, 0.6) is 5.75 Å². The summed E-state index contributed by atoms with van der Waals surface area (Å²) in [5.41, 5.74) is 0.654. The largest absolute Gasteiger partial charge is 0.497 e. The highest BCUT2D eigenvalue weighted by atomic mass is 32.2. The first kappa shape index (κ1) is 17.4. The molecule has 0 aromatic heterocycles. The van der Waals surface area contributed by atoms with Crippen LogP contribution in [0.2, 0.25) is 0 Å². The highest BCUT2D eigenvalue weighted by molar-refractivity contribution is 7.89. The highest BCUT2D eigenvalue weighted by Gasteiger charge is 2.39. The maximum Gasteiger partial charge on any atom is 0.243 e. The molecule has 3 rings (SSSR count). The Morgan fingerprint density at radius 1 is 1.12 bits per heavy atom. The molecule has 25 heavy (non-hydrogen) atoms. The predicted octanol–water partition coefficient (Wildman–Crippen LogP) is 2.49. The van der Waals surface area contributed by atoms with Crippen LogP contribution in [0.4, 0.5) is 5.69 Å². The van der Waals surface area contributed by atoms with Gasteiger partial charge in [-0.15, -0.1) is 0 Å². The van der Waals surface area contributed by atoms with Gasteiger partial charge in [0.2, 0.25) is 15.9 Å². The standard InChI is InChI=1S/C18H20N2O4S/c1-24-15-9-11-16(12-10-15)25(22,23)20-13-5-8-17(20)18(21)19-14-6-3-2-4-7-14/h2-4,6-7,9-12,17H,5,8,13H2,1H3,(H,19,21). The molecule has 2 aromatic rings. The Morgan fingerprint density at radius 2 is 1.80 bits per heavy atom. The molecule has 1 aliphatic heterocycles. The fourth-order valence-corrected chi connectivity index (χ4v) is 4.58. The molecule has 0 saturated carbocycles. The Bertz CT molecular complexity index is 835. The van der Waals surface area contributed by atoms with Crippen LogP contribution in [0.3, 0.4) is 0 Å².